The maximum absolute atomic E-state index is 10.9. The number of amides is 1. The molecule has 0 aromatic rings. The Morgan fingerprint density at radius 1 is 1.50 bits per heavy atom. The number of carbonyl (C=O) groups is 1. The Hall–Kier alpha value is -0.610. The van der Waals surface area contributed by atoms with Gasteiger partial charge in [0.1, 0.15) is 0 Å². The molecule has 0 saturated carbocycles. The summed E-state index contributed by atoms with van der Waals surface area (Å²) in [6.07, 6.45) is 1.53. The van der Waals surface area contributed by atoms with Crippen LogP contribution in [0.3, 0.4) is 0 Å². The van der Waals surface area contributed by atoms with Gasteiger partial charge in [-0.25, -0.2) is 0 Å². The van der Waals surface area contributed by atoms with E-state index in [4.69, 9.17) is 11.5 Å². The first-order chi connectivity index (χ1) is 6.27. The summed E-state index contributed by atoms with van der Waals surface area (Å²) in [6, 6.07) is 0.521. The Labute approximate surface area is 86.6 Å². The molecule has 1 amide bonds. The van der Waals surface area contributed by atoms with Crippen molar-refractivity contribution in [3.63, 3.8) is 0 Å². The summed E-state index contributed by atoms with van der Waals surface area (Å²) in [5.74, 6) is -0.426. The number of hydrogen-bond donors (Lipinski definition) is 2. The zero-order chi connectivity index (χ0) is 11.4. The van der Waals surface area contributed by atoms with Crippen LogP contribution in [-0.2, 0) is 4.79 Å². The second-order valence-electron chi connectivity index (χ2n) is 4.46. The summed E-state index contributed by atoms with van der Waals surface area (Å²) in [6.45, 7) is 6.90. The van der Waals surface area contributed by atoms with Crippen molar-refractivity contribution in [3.8, 4) is 0 Å². The third kappa shape index (κ3) is 4.58. The summed E-state index contributed by atoms with van der Waals surface area (Å²) < 4.78 is 0. The molecule has 1 unspecified atom stereocenters. The molecule has 1 atom stereocenters. The lowest BCUT2D eigenvalue weighted by atomic mass is 9.96. The highest BCUT2D eigenvalue weighted by Gasteiger charge is 2.24. The quantitative estimate of drug-likeness (QED) is 0.649. The van der Waals surface area contributed by atoms with Gasteiger partial charge in [-0.05, 0) is 47.2 Å². The number of rotatable bonds is 6. The highest BCUT2D eigenvalue weighted by Crippen LogP contribution is 2.09. The molecule has 0 bridgehead atoms. The molecule has 4 heteroatoms. The number of nitrogens with two attached hydrogens (primary N) is 2. The van der Waals surface area contributed by atoms with Crippen molar-refractivity contribution in [2.75, 3.05) is 13.6 Å². The summed E-state index contributed by atoms with van der Waals surface area (Å²) in [4.78, 5) is 13.1. The molecule has 0 radical (unpaired) electrons. The van der Waals surface area contributed by atoms with Crippen LogP contribution in [-0.4, -0.2) is 36.0 Å². The largest absolute Gasteiger partial charge is 0.368 e. The molecule has 84 valence electrons. The molecule has 0 aromatic heterocycles. The molecule has 4 nitrogen and oxygen atoms in total. The molecular weight excluding hydrogens is 178 g/mol. The van der Waals surface area contributed by atoms with Crippen LogP contribution in [0.4, 0.5) is 0 Å². The fourth-order valence-corrected chi connectivity index (χ4v) is 1.08. The first-order valence-corrected chi connectivity index (χ1v) is 5.06. The first kappa shape index (κ1) is 13.4. The molecule has 0 heterocycles. The van der Waals surface area contributed by atoms with E-state index in [1.165, 1.54) is 0 Å². The van der Waals surface area contributed by atoms with Crippen LogP contribution in [0.25, 0.3) is 0 Å². The van der Waals surface area contributed by atoms with Crippen molar-refractivity contribution >= 4 is 5.91 Å². The smallest absolute Gasteiger partial charge is 0.237 e. The van der Waals surface area contributed by atoms with Crippen molar-refractivity contribution in [1.29, 1.82) is 0 Å². The first-order valence-electron chi connectivity index (χ1n) is 5.06. The van der Waals surface area contributed by atoms with Gasteiger partial charge in [0.15, 0.2) is 0 Å². The second kappa shape index (κ2) is 5.32. The monoisotopic (exact) mass is 201 g/mol. The minimum Gasteiger partial charge on any atom is -0.368 e. The minimum atomic E-state index is -0.863. The minimum absolute atomic E-state index is 0.426. The Balaban J connectivity index is 3.79. The lowest BCUT2D eigenvalue weighted by Crippen LogP contribution is -2.49. The predicted molar refractivity (Wildman–Crippen MR) is 58.8 cm³/mol. The van der Waals surface area contributed by atoms with Crippen molar-refractivity contribution in [3.05, 3.63) is 0 Å². The van der Waals surface area contributed by atoms with Gasteiger partial charge in [0.25, 0.3) is 0 Å². The van der Waals surface area contributed by atoms with E-state index < -0.39 is 11.4 Å². The van der Waals surface area contributed by atoms with Crippen molar-refractivity contribution in [2.24, 2.45) is 11.5 Å². The van der Waals surface area contributed by atoms with E-state index in [1.807, 2.05) is 0 Å². The van der Waals surface area contributed by atoms with Gasteiger partial charge in [-0.3, -0.25) is 4.79 Å². The van der Waals surface area contributed by atoms with Gasteiger partial charge in [0, 0.05) is 6.04 Å². The van der Waals surface area contributed by atoms with Gasteiger partial charge >= 0.3 is 0 Å². The Kier molecular flexibility index (Phi) is 5.08. The third-order valence-electron chi connectivity index (χ3n) is 2.65. The van der Waals surface area contributed by atoms with Crippen LogP contribution in [0.1, 0.15) is 33.6 Å². The van der Waals surface area contributed by atoms with Crippen LogP contribution in [0.5, 0.6) is 0 Å². The van der Waals surface area contributed by atoms with Crippen LogP contribution in [0.15, 0.2) is 0 Å². The highest BCUT2D eigenvalue weighted by atomic mass is 16.1. The normalized spacial score (nSPS) is 15.9. The zero-order valence-corrected chi connectivity index (χ0v) is 9.71. The molecule has 0 rings (SSSR count). The van der Waals surface area contributed by atoms with E-state index in [2.05, 4.69) is 25.8 Å². The van der Waals surface area contributed by atoms with Crippen LogP contribution in [0.2, 0.25) is 0 Å². The summed E-state index contributed by atoms with van der Waals surface area (Å²) in [5, 5.41) is 0. The second-order valence-corrected chi connectivity index (χ2v) is 4.46. The Morgan fingerprint density at radius 2 is 2.00 bits per heavy atom. The van der Waals surface area contributed by atoms with Gasteiger partial charge in [0.2, 0.25) is 5.91 Å². The summed E-state index contributed by atoms with van der Waals surface area (Å²) in [7, 11) is 2.06. The van der Waals surface area contributed by atoms with E-state index in [0.29, 0.717) is 12.5 Å². The topological polar surface area (TPSA) is 72.3 Å². The molecule has 0 spiro atoms. The van der Waals surface area contributed by atoms with Gasteiger partial charge in [-0.15, -0.1) is 0 Å². The third-order valence-corrected chi connectivity index (χ3v) is 2.65. The average Bonchev–Trinajstić information content (AvgIpc) is 2.03. The molecule has 0 aliphatic carbocycles. The molecular formula is C10H23N3O. The predicted octanol–water partition coefficient (Wildman–Crippen LogP) is 0.310. The number of primary amides is 1. The number of carbonyl (C=O) groups excluding carboxylic acids is 1. The summed E-state index contributed by atoms with van der Waals surface area (Å²) >= 11 is 0. The van der Waals surface area contributed by atoms with Gasteiger partial charge in [0.05, 0.1) is 5.54 Å². The molecule has 0 aliphatic heterocycles. The Bertz CT molecular complexity index is 190. The molecule has 0 aliphatic rings. The van der Waals surface area contributed by atoms with E-state index in [0.717, 1.165) is 13.0 Å². The molecule has 0 fully saturated rings. The fraction of sp³-hybridized carbons (Fsp3) is 0.900. The Morgan fingerprint density at radius 3 is 2.36 bits per heavy atom. The van der Waals surface area contributed by atoms with Crippen LogP contribution < -0.4 is 11.5 Å². The van der Waals surface area contributed by atoms with E-state index >= 15 is 0 Å². The maximum Gasteiger partial charge on any atom is 0.237 e. The van der Waals surface area contributed by atoms with E-state index in [-0.39, 0.29) is 0 Å². The van der Waals surface area contributed by atoms with Crippen molar-refractivity contribution in [1.82, 2.24) is 4.90 Å². The van der Waals surface area contributed by atoms with Gasteiger partial charge in [-0.2, -0.15) is 0 Å². The lowest BCUT2D eigenvalue weighted by Gasteiger charge is -2.24. The SMILES string of the molecule is CC(C)N(C)CCCC(C)(N)C(N)=O. The average molecular weight is 201 g/mol. The van der Waals surface area contributed by atoms with E-state index in [1.54, 1.807) is 6.92 Å². The van der Waals surface area contributed by atoms with E-state index in [9.17, 15) is 4.79 Å². The fourth-order valence-electron chi connectivity index (χ4n) is 1.08. The summed E-state index contributed by atoms with van der Waals surface area (Å²) in [5.41, 5.74) is 10.0. The van der Waals surface area contributed by atoms with Crippen LogP contribution in [0, 0.1) is 0 Å². The molecule has 0 aromatic carbocycles. The zero-order valence-electron chi connectivity index (χ0n) is 9.71. The highest BCUT2D eigenvalue weighted by molar-refractivity contribution is 5.83. The molecule has 4 N–H and O–H groups in total. The van der Waals surface area contributed by atoms with Crippen LogP contribution >= 0.6 is 0 Å². The van der Waals surface area contributed by atoms with Gasteiger partial charge in [-0.1, -0.05) is 0 Å². The van der Waals surface area contributed by atoms with Gasteiger partial charge < -0.3 is 16.4 Å². The number of nitrogens with zero attached hydrogens (tertiary/aromatic N) is 1. The standard InChI is InChI=1S/C10H23N3O/c1-8(2)13(4)7-5-6-10(3,12)9(11)14/h8H,5-7,12H2,1-4H3,(H2,11,14). The maximum atomic E-state index is 10.9. The molecule has 14 heavy (non-hydrogen) atoms. The number of hydrogen-bond acceptors (Lipinski definition) is 3. The lowest BCUT2D eigenvalue weighted by molar-refractivity contribution is -0.122. The van der Waals surface area contributed by atoms with Crippen molar-refractivity contribution < 1.29 is 4.79 Å². The van der Waals surface area contributed by atoms with Crippen molar-refractivity contribution in [2.45, 2.75) is 45.2 Å². The molecule has 0 saturated heterocycles.